The maximum absolute atomic E-state index is 13.9. The van der Waals surface area contributed by atoms with Gasteiger partial charge in [0.15, 0.2) is 23.1 Å². The molecule has 1 aliphatic heterocycles. The molecular formula is C29H38INO5. The van der Waals surface area contributed by atoms with Crippen LogP contribution in [-0.2, 0) is 14.3 Å². The van der Waals surface area contributed by atoms with E-state index in [9.17, 15) is 9.59 Å². The van der Waals surface area contributed by atoms with Gasteiger partial charge in [0.25, 0.3) is 0 Å². The van der Waals surface area contributed by atoms with Gasteiger partial charge in [-0.05, 0) is 70.9 Å². The van der Waals surface area contributed by atoms with E-state index in [0.717, 1.165) is 44.5 Å². The standard InChI is InChI=1S/C29H38INO5/c1-8-36-27-18(30)11-17(12-23(27)35-7)24-25-19(13-28(2,3)15-21(25)32)31(9-10-34-6)20-14-29(4,5)16-22(33)26(20)24/h11-12,24H,8-10,13-16H2,1-7H3. The van der Waals surface area contributed by atoms with Crippen LogP contribution >= 0.6 is 22.6 Å². The summed E-state index contributed by atoms with van der Waals surface area (Å²) in [5, 5.41) is 0. The van der Waals surface area contributed by atoms with Crippen LogP contribution in [0.5, 0.6) is 11.5 Å². The van der Waals surface area contributed by atoms with Crippen LogP contribution in [0.25, 0.3) is 0 Å². The molecule has 0 saturated heterocycles. The molecule has 0 unspecified atom stereocenters. The summed E-state index contributed by atoms with van der Waals surface area (Å²) in [6.07, 6.45) is 2.50. The third-order valence-corrected chi connectivity index (χ3v) is 8.22. The minimum Gasteiger partial charge on any atom is -0.493 e. The van der Waals surface area contributed by atoms with E-state index in [4.69, 9.17) is 14.2 Å². The SMILES string of the molecule is CCOc1c(I)cc(C2C3=C(CC(C)(C)CC3=O)N(CCOC)C3=C2C(=O)CC(C)(C)C3)cc1OC. The van der Waals surface area contributed by atoms with Gasteiger partial charge in [-0.25, -0.2) is 0 Å². The summed E-state index contributed by atoms with van der Waals surface area (Å²) in [4.78, 5) is 30.0. The molecule has 2 aliphatic carbocycles. The Balaban J connectivity index is 2.00. The fraction of sp³-hybridized carbons (Fsp3) is 0.586. The highest BCUT2D eigenvalue weighted by Crippen LogP contribution is 2.55. The van der Waals surface area contributed by atoms with E-state index in [-0.39, 0.29) is 22.4 Å². The zero-order valence-electron chi connectivity index (χ0n) is 22.5. The molecule has 1 aromatic rings. The van der Waals surface area contributed by atoms with Gasteiger partial charge in [-0.2, -0.15) is 0 Å². The minimum absolute atomic E-state index is 0.126. The maximum Gasteiger partial charge on any atom is 0.174 e. The Morgan fingerprint density at radius 3 is 1.97 bits per heavy atom. The van der Waals surface area contributed by atoms with Crippen LogP contribution in [0, 0.1) is 14.4 Å². The van der Waals surface area contributed by atoms with Gasteiger partial charge < -0.3 is 19.1 Å². The molecule has 0 spiro atoms. The predicted molar refractivity (Wildman–Crippen MR) is 148 cm³/mol. The Bertz CT molecular complexity index is 1090. The van der Waals surface area contributed by atoms with Gasteiger partial charge in [0.1, 0.15) is 0 Å². The third kappa shape index (κ3) is 4.97. The Labute approximate surface area is 228 Å². The summed E-state index contributed by atoms with van der Waals surface area (Å²) in [5.74, 6) is 1.16. The number of carbonyl (C=O) groups excluding carboxylic acids is 2. The zero-order chi connectivity index (χ0) is 26.4. The Morgan fingerprint density at radius 2 is 1.50 bits per heavy atom. The lowest BCUT2D eigenvalue weighted by Gasteiger charge is -2.49. The molecule has 1 heterocycles. The van der Waals surface area contributed by atoms with Gasteiger partial charge in [0.05, 0.1) is 23.9 Å². The molecule has 0 atom stereocenters. The number of Topliss-reactive ketones (excluding diaryl/α,β-unsaturated/α-hetero) is 2. The summed E-state index contributed by atoms with van der Waals surface area (Å²) >= 11 is 2.26. The molecule has 0 aromatic heterocycles. The van der Waals surface area contributed by atoms with Crippen molar-refractivity contribution in [2.45, 2.75) is 66.2 Å². The van der Waals surface area contributed by atoms with Crippen molar-refractivity contribution in [3.63, 3.8) is 0 Å². The third-order valence-electron chi connectivity index (χ3n) is 7.41. The molecule has 6 nitrogen and oxygen atoms in total. The summed E-state index contributed by atoms with van der Waals surface area (Å²) in [7, 11) is 3.32. The second-order valence-electron chi connectivity index (χ2n) is 11.6. The molecule has 0 saturated carbocycles. The largest absolute Gasteiger partial charge is 0.493 e. The van der Waals surface area contributed by atoms with Crippen LogP contribution in [0.2, 0.25) is 0 Å². The first-order chi connectivity index (χ1) is 16.9. The second kappa shape index (κ2) is 10.1. The monoisotopic (exact) mass is 607 g/mol. The first-order valence-corrected chi connectivity index (χ1v) is 13.8. The minimum atomic E-state index is -0.404. The van der Waals surface area contributed by atoms with E-state index in [0.29, 0.717) is 44.1 Å². The van der Waals surface area contributed by atoms with E-state index < -0.39 is 5.92 Å². The van der Waals surface area contributed by atoms with Crippen molar-refractivity contribution in [3.05, 3.63) is 43.8 Å². The smallest absolute Gasteiger partial charge is 0.174 e. The number of halogens is 1. The Hall–Kier alpha value is -1.87. The van der Waals surface area contributed by atoms with Gasteiger partial charge in [-0.3, -0.25) is 9.59 Å². The summed E-state index contributed by atoms with van der Waals surface area (Å²) in [6.45, 7) is 12.2. The highest BCUT2D eigenvalue weighted by atomic mass is 127. The summed E-state index contributed by atoms with van der Waals surface area (Å²) in [6, 6.07) is 4.01. The Morgan fingerprint density at radius 1 is 0.944 bits per heavy atom. The number of nitrogens with zero attached hydrogens (tertiary/aromatic N) is 1. The number of rotatable bonds is 7. The number of allylic oxidation sites excluding steroid dienone is 4. The van der Waals surface area contributed by atoms with Crippen LogP contribution in [0.4, 0.5) is 0 Å². The number of methoxy groups -OCH3 is 2. The van der Waals surface area contributed by atoms with Gasteiger partial charge in [-0.1, -0.05) is 27.7 Å². The molecule has 0 amide bonds. The van der Waals surface area contributed by atoms with Crippen molar-refractivity contribution in [2.75, 3.05) is 34.0 Å². The number of ketones is 2. The molecule has 196 valence electrons. The van der Waals surface area contributed by atoms with Gasteiger partial charge >= 0.3 is 0 Å². The molecule has 3 aliphatic rings. The maximum atomic E-state index is 13.9. The quantitative estimate of drug-likeness (QED) is 0.353. The van der Waals surface area contributed by atoms with Crippen molar-refractivity contribution in [2.24, 2.45) is 10.8 Å². The molecule has 0 N–H and O–H groups in total. The van der Waals surface area contributed by atoms with E-state index in [2.05, 4.69) is 61.3 Å². The molecule has 36 heavy (non-hydrogen) atoms. The molecule has 0 bridgehead atoms. The zero-order valence-corrected chi connectivity index (χ0v) is 24.7. The lowest BCUT2D eigenvalue weighted by Crippen LogP contribution is -2.45. The molecule has 4 rings (SSSR count). The van der Waals surface area contributed by atoms with Crippen LogP contribution in [0.15, 0.2) is 34.7 Å². The van der Waals surface area contributed by atoms with E-state index in [1.54, 1.807) is 14.2 Å². The average Bonchev–Trinajstić information content (AvgIpc) is 2.77. The lowest BCUT2D eigenvalue weighted by atomic mass is 9.63. The van der Waals surface area contributed by atoms with Crippen molar-refractivity contribution < 1.29 is 23.8 Å². The lowest BCUT2D eigenvalue weighted by molar-refractivity contribution is -0.119. The van der Waals surface area contributed by atoms with Gasteiger partial charge in [0.2, 0.25) is 0 Å². The number of carbonyl (C=O) groups is 2. The van der Waals surface area contributed by atoms with Crippen LogP contribution in [-0.4, -0.2) is 50.4 Å². The van der Waals surface area contributed by atoms with Crippen molar-refractivity contribution in [3.8, 4) is 11.5 Å². The number of hydrogen-bond acceptors (Lipinski definition) is 6. The number of ether oxygens (including phenoxy) is 3. The molecule has 1 aromatic carbocycles. The number of hydrogen-bond donors (Lipinski definition) is 0. The number of benzene rings is 1. The molecule has 0 fully saturated rings. The first-order valence-electron chi connectivity index (χ1n) is 12.7. The molecular weight excluding hydrogens is 569 g/mol. The van der Waals surface area contributed by atoms with Crippen LogP contribution in [0.3, 0.4) is 0 Å². The van der Waals surface area contributed by atoms with Crippen LogP contribution in [0.1, 0.15) is 71.8 Å². The predicted octanol–water partition coefficient (Wildman–Crippen LogP) is 6.03. The van der Waals surface area contributed by atoms with Gasteiger partial charge in [0, 0.05) is 55.0 Å². The van der Waals surface area contributed by atoms with E-state index in [1.165, 1.54) is 0 Å². The van der Waals surface area contributed by atoms with Crippen molar-refractivity contribution in [1.82, 2.24) is 4.90 Å². The summed E-state index contributed by atoms with van der Waals surface area (Å²) < 4.78 is 17.9. The summed E-state index contributed by atoms with van der Waals surface area (Å²) in [5.41, 5.74) is 4.23. The Kier molecular flexibility index (Phi) is 7.64. The highest BCUT2D eigenvalue weighted by Gasteiger charge is 2.49. The second-order valence-corrected chi connectivity index (χ2v) is 12.8. The van der Waals surface area contributed by atoms with Crippen LogP contribution < -0.4 is 9.47 Å². The average molecular weight is 608 g/mol. The van der Waals surface area contributed by atoms with Crippen molar-refractivity contribution >= 4 is 34.2 Å². The fourth-order valence-corrected chi connectivity index (χ4v) is 6.81. The van der Waals surface area contributed by atoms with E-state index >= 15 is 0 Å². The van der Waals surface area contributed by atoms with Crippen molar-refractivity contribution in [1.29, 1.82) is 0 Å². The van der Waals surface area contributed by atoms with Gasteiger partial charge in [-0.15, -0.1) is 0 Å². The normalized spacial score (nSPS) is 21.5. The van der Waals surface area contributed by atoms with E-state index in [1.807, 2.05) is 13.0 Å². The topological polar surface area (TPSA) is 65.1 Å². The molecule has 0 radical (unpaired) electrons. The highest BCUT2D eigenvalue weighted by molar-refractivity contribution is 14.1. The molecule has 7 heteroatoms. The fourth-order valence-electron chi connectivity index (χ4n) is 6.02. The first kappa shape index (κ1) is 27.2.